The number of hydrogen-bond acceptors (Lipinski definition) is 4. The molecule has 1 aromatic carbocycles. The van der Waals surface area contributed by atoms with Crippen molar-refractivity contribution in [3.8, 4) is 11.5 Å². The standard InChI is InChI=1S/C12H17NO3S/c1-15-10-2-4-11(5-3-10)16-8-7-13-12(14)6-9-17/h2-5,17H,6-9H2,1H3,(H,13,14). The predicted octanol–water partition coefficient (Wildman–Crippen LogP) is 1.51. The first-order valence-electron chi connectivity index (χ1n) is 5.40. The molecule has 17 heavy (non-hydrogen) atoms. The molecular formula is C12H17NO3S. The second-order valence-electron chi connectivity index (χ2n) is 3.35. The zero-order valence-corrected chi connectivity index (χ0v) is 10.7. The van der Waals surface area contributed by atoms with Gasteiger partial charge in [0.15, 0.2) is 0 Å². The van der Waals surface area contributed by atoms with E-state index in [4.69, 9.17) is 9.47 Å². The molecule has 0 spiro atoms. The lowest BCUT2D eigenvalue weighted by molar-refractivity contribution is -0.120. The summed E-state index contributed by atoms with van der Waals surface area (Å²) < 4.78 is 10.5. The molecule has 94 valence electrons. The molecule has 0 aliphatic heterocycles. The van der Waals surface area contributed by atoms with Crippen molar-refractivity contribution in [3.05, 3.63) is 24.3 Å². The number of amides is 1. The highest BCUT2D eigenvalue weighted by molar-refractivity contribution is 7.80. The van der Waals surface area contributed by atoms with E-state index >= 15 is 0 Å². The molecule has 0 aromatic heterocycles. The smallest absolute Gasteiger partial charge is 0.220 e. The molecule has 1 N–H and O–H groups in total. The van der Waals surface area contributed by atoms with Crippen molar-refractivity contribution in [3.63, 3.8) is 0 Å². The largest absolute Gasteiger partial charge is 0.497 e. The van der Waals surface area contributed by atoms with E-state index < -0.39 is 0 Å². The molecule has 1 rings (SSSR count). The normalized spacial score (nSPS) is 9.76. The van der Waals surface area contributed by atoms with Crippen molar-refractivity contribution in [2.24, 2.45) is 0 Å². The summed E-state index contributed by atoms with van der Waals surface area (Å²) in [4.78, 5) is 11.1. The van der Waals surface area contributed by atoms with Gasteiger partial charge in [-0.25, -0.2) is 0 Å². The molecule has 0 aliphatic rings. The highest BCUT2D eigenvalue weighted by Crippen LogP contribution is 2.16. The summed E-state index contributed by atoms with van der Waals surface area (Å²) in [5.41, 5.74) is 0. The highest BCUT2D eigenvalue weighted by Gasteiger charge is 1.99. The molecule has 5 heteroatoms. The fourth-order valence-corrected chi connectivity index (χ4v) is 1.42. The number of carbonyl (C=O) groups excluding carboxylic acids is 1. The van der Waals surface area contributed by atoms with Crippen molar-refractivity contribution >= 4 is 18.5 Å². The van der Waals surface area contributed by atoms with Crippen molar-refractivity contribution in [1.29, 1.82) is 0 Å². The Morgan fingerprint density at radius 1 is 1.29 bits per heavy atom. The Kier molecular flexibility index (Phi) is 6.32. The van der Waals surface area contributed by atoms with Crippen LogP contribution in [0.25, 0.3) is 0 Å². The van der Waals surface area contributed by atoms with E-state index in [1.807, 2.05) is 24.3 Å². The van der Waals surface area contributed by atoms with Crippen LogP contribution in [0.5, 0.6) is 11.5 Å². The van der Waals surface area contributed by atoms with Gasteiger partial charge >= 0.3 is 0 Å². The molecule has 0 saturated heterocycles. The van der Waals surface area contributed by atoms with Crippen LogP contribution in [0.3, 0.4) is 0 Å². The lowest BCUT2D eigenvalue weighted by Crippen LogP contribution is -2.28. The second kappa shape index (κ2) is 7.84. The summed E-state index contributed by atoms with van der Waals surface area (Å²) in [6.45, 7) is 0.948. The number of thiol groups is 1. The van der Waals surface area contributed by atoms with Gasteiger partial charge in [-0.15, -0.1) is 0 Å². The van der Waals surface area contributed by atoms with Gasteiger partial charge in [0.1, 0.15) is 18.1 Å². The summed E-state index contributed by atoms with van der Waals surface area (Å²) >= 11 is 3.98. The van der Waals surface area contributed by atoms with E-state index in [-0.39, 0.29) is 5.91 Å². The number of carbonyl (C=O) groups is 1. The van der Waals surface area contributed by atoms with Crippen molar-refractivity contribution in [2.75, 3.05) is 26.0 Å². The fourth-order valence-electron chi connectivity index (χ4n) is 1.22. The monoisotopic (exact) mass is 255 g/mol. The van der Waals surface area contributed by atoms with Crippen LogP contribution in [-0.4, -0.2) is 31.9 Å². The first kappa shape index (κ1) is 13.7. The minimum absolute atomic E-state index is 0.00155. The van der Waals surface area contributed by atoms with Gasteiger partial charge in [0.2, 0.25) is 5.91 Å². The van der Waals surface area contributed by atoms with Gasteiger partial charge in [-0.3, -0.25) is 4.79 Å². The van der Waals surface area contributed by atoms with Gasteiger partial charge in [0.05, 0.1) is 13.7 Å². The lowest BCUT2D eigenvalue weighted by Gasteiger charge is -2.07. The van der Waals surface area contributed by atoms with E-state index in [1.54, 1.807) is 7.11 Å². The number of hydrogen-bond donors (Lipinski definition) is 2. The lowest BCUT2D eigenvalue weighted by atomic mass is 10.3. The van der Waals surface area contributed by atoms with Crippen molar-refractivity contribution in [2.45, 2.75) is 6.42 Å². The number of methoxy groups -OCH3 is 1. The van der Waals surface area contributed by atoms with E-state index in [2.05, 4.69) is 17.9 Å². The van der Waals surface area contributed by atoms with Gasteiger partial charge in [0.25, 0.3) is 0 Å². The van der Waals surface area contributed by atoms with E-state index in [1.165, 1.54) is 0 Å². The minimum Gasteiger partial charge on any atom is -0.497 e. The number of rotatable bonds is 7. The predicted molar refractivity (Wildman–Crippen MR) is 70.0 cm³/mol. The maximum atomic E-state index is 11.1. The van der Waals surface area contributed by atoms with Crippen molar-refractivity contribution < 1.29 is 14.3 Å². The van der Waals surface area contributed by atoms with E-state index in [0.717, 1.165) is 11.5 Å². The summed E-state index contributed by atoms with van der Waals surface area (Å²) in [6, 6.07) is 7.31. The molecule has 0 atom stereocenters. The van der Waals surface area contributed by atoms with Crippen LogP contribution >= 0.6 is 12.6 Å². The summed E-state index contributed by atoms with van der Waals surface area (Å²) in [5, 5.41) is 2.74. The van der Waals surface area contributed by atoms with Gasteiger partial charge in [-0.05, 0) is 30.0 Å². The third kappa shape index (κ3) is 5.49. The molecule has 0 unspecified atom stereocenters. The summed E-state index contributed by atoms with van der Waals surface area (Å²) in [6.07, 6.45) is 0.436. The number of nitrogens with one attached hydrogen (secondary N) is 1. The fraction of sp³-hybridized carbons (Fsp3) is 0.417. The van der Waals surface area contributed by atoms with Crippen LogP contribution in [0.4, 0.5) is 0 Å². The molecular weight excluding hydrogens is 238 g/mol. The molecule has 1 amide bonds. The maximum absolute atomic E-state index is 11.1. The van der Waals surface area contributed by atoms with Crippen LogP contribution in [0.2, 0.25) is 0 Å². The molecule has 0 aliphatic carbocycles. The molecule has 0 bridgehead atoms. The number of benzene rings is 1. The van der Waals surface area contributed by atoms with Crippen LogP contribution in [0.15, 0.2) is 24.3 Å². The molecule has 0 radical (unpaired) electrons. The van der Waals surface area contributed by atoms with Crippen LogP contribution in [0, 0.1) is 0 Å². The quantitative estimate of drug-likeness (QED) is 0.573. The highest BCUT2D eigenvalue weighted by atomic mass is 32.1. The Labute approximate surface area is 107 Å². The Balaban J connectivity index is 2.19. The Morgan fingerprint density at radius 2 is 1.94 bits per heavy atom. The zero-order valence-electron chi connectivity index (χ0n) is 9.81. The van der Waals surface area contributed by atoms with E-state index in [0.29, 0.717) is 25.3 Å². The summed E-state index contributed by atoms with van der Waals surface area (Å²) in [5.74, 6) is 2.11. The first-order valence-corrected chi connectivity index (χ1v) is 6.04. The summed E-state index contributed by atoms with van der Waals surface area (Å²) in [7, 11) is 1.62. The second-order valence-corrected chi connectivity index (χ2v) is 3.79. The Hall–Kier alpha value is -1.36. The third-order valence-electron chi connectivity index (χ3n) is 2.09. The van der Waals surface area contributed by atoms with Gasteiger partial charge in [0, 0.05) is 6.42 Å². The Morgan fingerprint density at radius 3 is 2.53 bits per heavy atom. The molecule has 0 heterocycles. The molecule has 1 aromatic rings. The molecule has 0 saturated carbocycles. The molecule has 0 fully saturated rings. The van der Waals surface area contributed by atoms with Crippen LogP contribution in [0.1, 0.15) is 6.42 Å². The van der Waals surface area contributed by atoms with Crippen LogP contribution in [-0.2, 0) is 4.79 Å². The zero-order chi connectivity index (χ0) is 12.5. The number of ether oxygens (including phenoxy) is 2. The van der Waals surface area contributed by atoms with Crippen LogP contribution < -0.4 is 14.8 Å². The van der Waals surface area contributed by atoms with Crippen molar-refractivity contribution in [1.82, 2.24) is 5.32 Å². The topological polar surface area (TPSA) is 47.6 Å². The third-order valence-corrected chi connectivity index (χ3v) is 2.31. The van der Waals surface area contributed by atoms with Gasteiger partial charge < -0.3 is 14.8 Å². The average molecular weight is 255 g/mol. The van der Waals surface area contributed by atoms with Gasteiger partial charge in [-0.1, -0.05) is 0 Å². The van der Waals surface area contributed by atoms with Gasteiger partial charge in [-0.2, -0.15) is 12.6 Å². The first-order chi connectivity index (χ1) is 8.26. The average Bonchev–Trinajstić information content (AvgIpc) is 2.36. The van der Waals surface area contributed by atoms with E-state index in [9.17, 15) is 4.79 Å². The SMILES string of the molecule is COc1ccc(OCCNC(=O)CCS)cc1. The maximum Gasteiger partial charge on any atom is 0.220 e. The molecule has 4 nitrogen and oxygen atoms in total. The minimum atomic E-state index is -0.00155. The Bertz CT molecular complexity index is 340.